The van der Waals surface area contributed by atoms with Crippen LogP contribution in [0.15, 0.2) is 0 Å². The number of carboxylic acid groups (broad SMARTS) is 1. The molecule has 0 unspecified atom stereocenters. The summed E-state index contributed by atoms with van der Waals surface area (Å²) in [4.78, 5) is 10.8. The van der Waals surface area contributed by atoms with Crippen molar-refractivity contribution < 1.29 is 18.3 Å². The third kappa shape index (κ3) is 3.21. The summed E-state index contributed by atoms with van der Waals surface area (Å²) in [6.45, 7) is 0.625. The zero-order valence-corrected chi connectivity index (χ0v) is 11.2. The van der Waals surface area contributed by atoms with Gasteiger partial charge in [-0.25, -0.2) is 0 Å². The van der Waals surface area contributed by atoms with Gasteiger partial charge in [-0.2, -0.15) is 17.0 Å². The van der Waals surface area contributed by atoms with Gasteiger partial charge in [0.2, 0.25) is 0 Å². The third-order valence-electron chi connectivity index (χ3n) is 3.43. The lowest BCUT2D eigenvalue weighted by atomic mass is 10.2. The molecule has 2 fully saturated rings. The van der Waals surface area contributed by atoms with E-state index in [-0.39, 0.29) is 6.04 Å². The monoisotopic (exact) mass is 276 g/mol. The van der Waals surface area contributed by atoms with Crippen LogP contribution in [-0.2, 0) is 15.0 Å². The molecule has 0 spiro atoms. The molecule has 0 amide bonds. The van der Waals surface area contributed by atoms with Crippen LogP contribution in [0.1, 0.15) is 38.5 Å². The normalized spacial score (nSPS) is 22.9. The largest absolute Gasteiger partial charge is 0.480 e. The molecule has 1 saturated heterocycles. The highest BCUT2D eigenvalue weighted by Gasteiger charge is 2.41. The highest BCUT2D eigenvalue weighted by molar-refractivity contribution is 7.86. The van der Waals surface area contributed by atoms with Gasteiger partial charge in [0, 0.05) is 19.1 Å². The first kappa shape index (κ1) is 13.8. The second-order valence-electron chi connectivity index (χ2n) is 4.99. The van der Waals surface area contributed by atoms with Crippen molar-refractivity contribution in [2.75, 3.05) is 19.6 Å². The average Bonchev–Trinajstić information content (AvgIpc) is 3.12. The topological polar surface area (TPSA) is 77.9 Å². The van der Waals surface area contributed by atoms with Gasteiger partial charge in [0.1, 0.15) is 6.54 Å². The predicted molar refractivity (Wildman–Crippen MR) is 66.3 cm³/mol. The Labute approximate surface area is 108 Å². The molecule has 1 aliphatic heterocycles. The fourth-order valence-electron chi connectivity index (χ4n) is 2.32. The summed E-state index contributed by atoms with van der Waals surface area (Å²) in [5.41, 5.74) is 0. The third-order valence-corrected chi connectivity index (χ3v) is 5.47. The van der Waals surface area contributed by atoms with Gasteiger partial charge >= 0.3 is 5.97 Å². The van der Waals surface area contributed by atoms with Crippen molar-refractivity contribution >= 4 is 16.2 Å². The molecule has 0 aromatic rings. The van der Waals surface area contributed by atoms with Crippen molar-refractivity contribution in [1.82, 2.24) is 8.61 Å². The van der Waals surface area contributed by atoms with Gasteiger partial charge in [0.15, 0.2) is 0 Å². The first-order chi connectivity index (χ1) is 8.51. The van der Waals surface area contributed by atoms with Crippen molar-refractivity contribution in [3.63, 3.8) is 0 Å². The molecular weight excluding hydrogens is 256 g/mol. The van der Waals surface area contributed by atoms with E-state index in [9.17, 15) is 13.2 Å². The molecular formula is C11H20N2O4S. The van der Waals surface area contributed by atoms with Crippen molar-refractivity contribution in [3.8, 4) is 0 Å². The molecule has 6 nitrogen and oxygen atoms in total. The van der Waals surface area contributed by atoms with E-state index < -0.39 is 22.7 Å². The average molecular weight is 276 g/mol. The van der Waals surface area contributed by atoms with Crippen LogP contribution in [0.25, 0.3) is 0 Å². The Kier molecular flexibility index (Phi) is 4.24. The minimum atomic E-state index is -3.59. The molecule has 1 N–H and O–H groups in total. The summed E-state index contributed by atoms with van der Waals surface area (Å²) in [5.74, 6) is -1.08. The lowest BCUT2D eigenvalue weighted by Crippen LogP contribution is -2.47. The molecule has 7 heteroatoms. The van der Waals surface area contributed by atoms with Crippen LogP contribution in [-0.4, -0.2) is 53.8 Å². The second-order valence-corrected chi connectivity index (χ2v) is 6.87. The lowest BCUT2D eigenvalue weighted by Gasteiger charge is -2.28. The highest BCUT2D eigenvalue weighted by Crippen LogP contribution is 2.30. The lowest BCUT2D eigenvalue weighted by molar-refractivity contribution is -0.137. The van der Waals surface area contributed by atoms with Crippen molar-refractivity contribution in [2.45, 2.75) is 44.6 Å². The molecule has 2 rings (SSSR count). The Morgan fingerprint density at radius 2 is 1.72 bits per heavy atom. The van der Waals surface area contributed by atoms with E-state index in [2.05, 4.69) is 0 Å². The van der Waals surface area contributed by atoms with Gasteiger partial charge in [-0.05, 0) is 25.7 Å². The first-order valence-corrected chi connectivity index (χ1v) is 7.90. The summed E-state index contributed by atoms with van der Waals surface area (Å²) in [5, 5.41) is 8.85. The van der Waals surface area contributed by atoms with Crippen LogP contribution < -0.4 is 0 Å². The van der Waals surface area contributed by atoms with Crippen LogP contribution in [0.5, 0.6) is 0 Å². The van der Waals surface area contributed by atoms with Gasteiger partial charge in [0.05, 0.1) is 0 Å². The van der Waals surface area contributed by atoms with Crippen LogP contribution in [0.3, 0.4) is 0 Å². The number of hydrogen-bond donors (Lipinski definition) is 1. The smallest absolute Gasteiger partial charge is 0.318 e. The van der Waals surface area contributed by atoms with Gasteiger partial charge < -0.3 is 5.11 Å². The van der Waals surface area contributed by atoms with Crippen molar-refractivity contribution in [2.24, 2.45) is 0 Å². The summed E-state index contributed by atoms with van der Waals surface area (Å²) in [6.07, 6.45) is 5.39. The standard InChI is InChI=1S/C11H20N2O4S/c14-11(15)9-13(10-5-6-10)18(16,17)12-7-3-1-2-4-8-12/h10H,1-9H2,(H,14,15). The van der Waals surface area contributed by atoms with E-state index in [1.807, 2.05) is 0 Å². The fraction of sp³-hybridized carbons (Fsp3) is 0.909. The summed E-state index contributed by atoms with van der Waals surface area (Å²) in [6, 6.07) is -0.102. The van der Waals surface area contributed by atoms with Crippen LogP contribution in [0.2, 0.25) is 0 Å². The maximum atomic E-state index is 12.4. The molecule has 0 aromatic carbocycles. The van der Waals surface area contributed by atoms with E-state index in [0.717, 1.165) is 38.5 Å². The molecule has 1 heterocycles. The highest BCUT2D eigenvalue weighted by atomic mass is 32.2. The maximum Gasteiger partial charge on any atom is 0.318 e. The van der Waals surface area contributed by atoms with E-state index in [1.54, 1.807) is 0 Å². The summed E-state index contributed by atoms with van der Waals surface area (Å²) >= 11 is 0. The molecule has 18 heavy (non-hydrogen) atoms. The van der Waals surface area contributed by atoms with E-state index >= 15 is 0 Å². The Bertz CT molecular complexity index is 397. The number of aliphatic carboxylic acids is 1. The van der Waals surface area contributed by atoms with Crippen LogP contribution in [0.4, 0.5) is 0 Å². The van der Waals surface area contributed by atoms with Crippen LogP contribution >= 0.6 is 0 Å². The molecule has 104 valence electrons. The van der Waals surface area contributed by atoms with Gasteiger partial charge in [-0.1, -0.05) is 12.8 Å². The Morgan fingerprint density at radius 1 is 1.17 bits per heavy atom. The van der Waals surface area contributed by atoms with E-state index in [4.69, 9.17) is 5.11 Å². The molecule has 2 aliphatic rings. The number of rotatable bonds is 5. The maximum absolute atomic E-state index is 12.4. The Hall–Kier alpha value is -0.660. The Balaban J connectivity index is 2.12. The molecule has 0 atom stereocenters. The van der Waals surface area contributed by atoms with Gasteiger partial charge in [0.25, 0.3) is 10.2 Å². The Morgan fingerprint density at radius 3 is 2.17 bits per heavy atom. The molecule has 1 aliphatic carbocycles. The summed E-state index contributed by atoms with van der Waals surface area (Å²) < 4.78 is 27.5. The SMILES string of the molecule is O=C(O)CN(C1CC1)S(=O)(=O)N1CCCCCC1. The minimum absolute atomic E-state index is 0.102. The number of hydrogen-bond acceptors (Lipinski definition) is 3. The zero-order chi connectivity index (χ0) is 13.2. The number of carboxylic acids is 1. The quantitative estimate of drug-likeness (QED) is 0.800. The molecule has 1 saturated carbocycles. The second kappa shape index (κ2) is 5.54. The first-order valence-electron chi connectivity index (χ1n) is 6.50. The number of carbonyl (C=O) groups is 1. The molecule has 0 bridgehead atoms. The summed E-state index contributed by atoms with van der Waals surface area (Å²) in [7, 11) is -3.59. The van der Waals surface area contributed by atoms with Crippen LogP contribution in [0, 0.1) is 0 Å². The molecule has 0 radical (unpaired) electrons. The fourth-order valence-corrected chi connectivity index (χ4v) is 4.19. The zero-order valence-electron chi connectivity index (χ0n) is 10.4. The predicted octanol–water partition coefficient (Wildman–Crippen LogP) is 0.656. The van der Waals surface area contributed by atoms with Gasteiger partial charge in [-0.15, -0.1) is 0 Å². The molecule has 0 aromatic heterocycles. The van der Waals surface area contributed by atoms with E-state index in [1.165, 1.54) is 8.61 Å². The number of nitrogens with zero attached hydrogens (tertiary/aromatic N) is 2. The minimum Gasteiger partial charge on any atom is -0.480 e. The van der Waals surface area contributed by atoms with E-state index in [0.29, 0.717) is 13.1 Å². The van der Waals surface area contributed by atoms with Crippen molar-refractivity contribution in [1.29, 1.82) is 0 Å². The van der Waals surface area contributed by atoms with Crippen molar-refractivity contribution in [3.05, 3.63) is 0 Å². The van der Waals surface area contributed by atoms with Gasteiger partial charge in [-0.3, -0.25) is 4.79 Å².